The molecule has 2 heterocycles. The molecule has 0 unspecified atom stereocenters. The van der Waals surface area contributed by atoms with Crippen molar-refractivity contribution < 1.29 is 23.0 Å². The number of halogens is 3. The average molecular weight is 318 g/mol. The van der Waals surface area contributed by atoms with Crippen molar-refractivity contribution in [3.05, 3.63) is 23.4 Å². The molecule has 22 heavy (non-hydrogen) atoms. The maximum atomic E-state index is 12.8. The second-order valence-corrected chi connectivity index (χ2v) is 5.40. The molecule has 2 rings (SSSR count). The molecule has 1 saturated heterocycles. The Morgan fingerprint density at radius 3 is 2.59 bits per heavy atom. The first-order chi connectivity index (χ1) is 10.5. The summed E-state index contributed by atoms with van der Waals surface area (Å²) < 4.78 is 43.7. The summed E-state index contributed by atoms with van der Waals surface area (Å²) in [5.41, 5.74) is -0.613. The van der Waals surface area contributed by atoms with Gasteiger partial charge < -0.3 is 14.7 Å². The van der Waals surface area contributed by atoms with Crippen LogP contribution in [0, 0.1) is 0 Å². The second kappa shape index (κ2) is 7.28. The lowest BCUT2D eigenvalue weighted by Crippen LogP contribution is -2.41. The number of nitrogens with zero attached hydrogens (tertiary/aromatic N) is 2. The molecule has 1 fully saturated rings. The van der Waals surface area contributed by atoms with Crippen LogP contribution in [0.4, 0.5) is 19.0 Å². The minimum absolute atomic E-state index is 0.184. The van der Waals surface area contributed by atoms with Gasteiger partial charge in [-0.25, -0.2) is 4.98 Å². The lowest BCUT2D eigenvalue weighted by Gasteiger charge is -2.36. The van der Waals surface area contributed by atoms with Gasteiger partial charge in [0, 0.05) is 37.6 Å². The van der Waals surface area contributed by atoms with E-state index < -0.39 is 18.3 Å². The van der Waals surface area contributed by atoms with Crippen molar-refractivity contribution in [2.45, 2.75) is 45.0 Å². The monoisotopic (exact) mass is 318 g/mol. The molecule has 1 aromatic heterocycles. The Labute approximate surface area is 127 Å². The molecule has 1 aliphatic heterocycles. The molecule has 124 valence electrons. The molecule has 1 N–H and O–H groups in total. The van der Waals surface area contributed by atoms with Gasteiger partial charge in [-0.1, -0.05) is 6.92 Å². The van der Waals surface area contributed by atoms with Gasteiger partial charge in [0.25, 0.3) is 0 Å². The summed E-state index contributed by atoms with van der Waals surface area (Å²) in [6.07, 6.45) is -1.13. The van der Waals surface area contributed by atoms with E-state index in [-0.39, 0.29) is 11.6 Å². The number of hydrogen-bond acceptors (Lipinski definition) is 4. The molecular weight excluding hydrogens is 297 g/mol. The zero-order valence-electron chi connectivity index (χ0n) is 12.6. The maximum absolute atomic E-state index is 12.8. The van der Waals surface area contributed by atoms with Crippen LogP contribution in [0.2, 0.25) is 0 Å². The molecule has 4 nitrogen and oxygen atoms in total. The van der Waals surface area contributed by atoms with Crippen LogP contribution in [0.3, 0.4) is 0 Å². The first kappa shape index (κ1) is 17.0. The number of aliphatic hydroxyl groups excluding tert-OH is 1. The number of alkyl halides is 3. The van der Waals surface area contributed by atoms with Gasteiger partial charge in [0.15, 0.2) is 0 Å². The van der Waals surface area contributed by atoms with E-state index in [2.05, 4.69) is 4.98 Å². The molecule has 1 aromatic rings. The molecule has 0 aromatic carbocycles. The molecule has 0 radical (unpaired) electrons. The third-order valence-corrected chi connectivity index (χ3v) is 3.81. The number of pyridine rings is 1. The summed E-state index contributed by atoms with van der Waals surface area (Å²) in [5, 5.41) is 9.47. The topological polar surface area (TPSA) is 45.6 Å². The summed E-state index contributed by atoms with van der Waals surface area (Å²) in [4.78, 5) is 6.02. The SMILES string of the molecule is CCCN(c1ncc(C(F)(F)F)cc1CO)C1CCOCC1. The summed E-state index contributed by atoms with van der Waals surface area (Å²) in [6, 6.07) is 1.17. The van der Waals surface area contributed by atoms with Gasteiger partial charge in [0.2, 0.25) is 0 Å². The number of rotatable bonds is 5. The Hall–Kier alpha value is -1.34. The first-order valence-corrected chi connectivity index (χ1v) is 7.48. The van der Waals surface area contributed by atoms with Crippen LogP contribution >= 0.6 is 0 Å². The Kier molecular flexibility index (Phi) is 5.63. The Morgan fingerprint density at radius 1 is 1.36 bits per heavy atom. The minimum atomic E-state index is -4.45. The van der Waals surface area contributed by atoms with Gasteiger partial charge in [-0.3, -0.25) is 0 Å². The highest BCUT2D eigenvalue weighted by atomic mass is 19.4. The first-order valence-electron chi connectivity index (χ1n) is 7.48. The number of anilines is 1. The summed E-state index contributed by atoms with van der Waals surface area (Å²) >= 11 is 0. The van der Waals surface area contributed by atoms with Crippen molar-refractivity contribution >= 4 is 5.82 Å². The van der Waals surface area contributed by atoms with E-state index in [1.165, 1.54) is 0 Å². The summed E-state index contributed by atoms with van der Waals surface area (Å²) in [6.45, 7) is 3.51. The standard InChI is InChI=1S/C15H21F3N2O2/c1-2-5-20(13-3-6-22-7-4-13)14-11(10-21)8-12(9-19-14)15(16,17)18/h8-9,13,21H,2-7,10H2,1H3. The molecular formula is C15H21F3N2O2. The van der Waals surface area contributed by atoms with Crippen LogP contribution in [0.15, 0.2) is 12.3 Å². The predicted octanol–water partition coefficient (Wildman–Crippen LogP) is 2.99. The van der Waals surface area contributed by atoms with Crippen LogP contribution in [0.25, 0.3) is 0 Å². The van der Waals surface area contributed by atoms with Gasteiger partial charge >= 0.3 is 6.18 Å². The molecule has 1 aliphatic rings. The zero-order chi connectivity index (χ0) is 16.2. The van der Waals surface area contributed by atoms with E-state index in [4.69, 9.17) is 4.74 Å². The third kappa shape index (κ3) is 3.89. The van der Waals surface area contributed by atoms with Crippen molar-refractivity contribution in [3.8, 4) is 0 Å². The number of aliphatic hydroxyl groups is 1. The number of ether oxygens (including phenoxy) is 1. The average Bonchev–Trinajstić information content (AvgIpc) is 2.52. The highest BCUT2D eigenvalue weighted by Gasteiger charge is 2.32. The lowest BCUT2D eigenvalue weighted by atomic mass is 10.1. The molecule has 0 aliphatic carbocycles. The maximum Gasteiger partial charge on any atom is 0.417 e. The zero-order valence-corrected chi connectivity index (χ0v) is 12.6. The molecule has 0 atom stereocenters. The molecule has 7 heteroatoms. The molecule has 0 saturated carbocycles. The normalized spacial score (nSPS) is 16.8. The van der Waals surface area contributed by atoms with E-state index in [1.54, 1.807) is 0 Å². The van der Waals surface area contributed by atoms with Crippen molar-refractivity contribution in [2.24, 2.45) is 0 Å². The van der Waals surface area contributed by atoms with Gasteiger partial charge in [-0.15, -0.1) is 0 Å². The fourth-order valence-electron chi connectivity index (χ4n) is 2.73. The fourth-order valence-corrected chi connectivity index (χ4v) is 2.73. The second-order valence-electron chi connectivity index (χ2n) is 5.40. The van der Waals surface area contributed by atoms with Crippen LogP contribution in [0.1, 0.15) is 37.3 Å². The molecule has 0 spiro atoms. The van der Waals surface area contributed by atoms with Crippen molar-refractivity contribution in [2.75, 3.05) is 24.7 Å². The quantitative estimate of drug-likeness (QED) is 0.906. The lowest BCUT2D eigenvalue weighted by molar-refractivity contribution is -0.137. The van der Waals surface area contributed by atoms with Crippen LogP contribution < -0.4 is 4.90 Å². The summed E-state index contributed by atoms with van der Waals surface area (Å²) in [7, 11) is 0. The van der Waals surface area contributed by atoms with Crippen LogP contribution in [-0.2, 0) is 17.5 Å². The fraction of sp³-hybridized carbons (Fsp3) is 0.667. The van der Waals surface area contributed by atoms with E-state index in [0.717, 1.165) is 31.5 Å². The van der Waals surface area contributed by atoms with Crippen LogP contribution in [-0.4, -0.2) is 35.9 Å². The van der Waals surface area contributed by atoms with Crippen molar-refractivity contribution in [3.63, 3.8) is 0 Å². The largest absolute Gasteiger partial charge is 0.417 e. The molecule has 0 bridgehead atoms. The third-order valence-electron chi connectivity index (χ3n) is 3.81. The predicted molar refractivity (Wildman–Crippen MR) is 76.6 cm³/mol. The summed E-state index contributed by atoms with van der Waals surface area (Å²) in [5.74, 6) is 0.448. The van der Waals surface area contributed by atoms with Gasteiger partial charge in [0.05, 0.1) is 12.2 Å². The van der Waals surface area contributed by atoms with Crippen molar-refractivity contribution in [1.82, 2.24) is 4.98 Å². The molecule has 0 amide bonds. The Bertz CT molecular complexity index is 488. The van der Waals surface area contributed by atoms with E-state index >= 15 is 0 Å². The van der Waals surface area contributed by atoms with Gasteiger partial charge in [-0.05, 0) is 25.3 Å². The van der Waals surface area contributed by atoms with E-state index in [0.29, 0.717) is 25.6 Å². The van der Waals surface area contributed by atoms with Gasteiger partial charge in [0.1, 0.15) is 5.82 Å². The van der Waals surface area contributed by atoms with Crippen molar-refractivity contribution in [1.29, 1.82) is 0 Å². The minimum Gasteiger partial charge on any atom is -0.392 e. The number of aromatic nitrogens is 1. The van der Waals surface area contributed by atoms with E-state index in [9.17, 15) is 18.3 Å². The van der Waals surface area contributed by atoms with Crippen LogP contribution in [0.5, 0.6) is 0 Å². The van der Waals surface area contributed by atoms with Gasteiger partial charge in [-0.2, -0.15) is 13.2 Å². The Morgan fingerprint density at radius 2 is 2.05 bits per heavy atom. The Balaban J connectivity index is 2.33. The smallest absolute Gasteiger partial charge is 0.392 e. The number of hydrogen-bond donors (Lipinski definition) is 1. The highest BCUT2D eigenvalue weighted by Crippen LogP contribution is 2.32. The highest BCUT2D eigenvalue weighted by molar-refractivity contribution is 5.49. The van der Waals surface area contributed by atoms with E-state index in [1.807, 2.05) is 11.8 Å².